The lowest BCUT2D eigenvalue weighted by atomic mass is 10.1. The van der Waals surface area contributed by atoms with Crippen molar-refractivity contribution in [3.05, 3.63) is 87.9 Å². The van der Waals surface area contributed by atoms with Crippen LogP contribution in [-0.4, -0.2) is 53.4 Å². The predicted molar refractivity (Wildman–Crippen MR) is 143 cm³/mol. The van der Waals surface area contributed by atoms with Gasteiger partial charge in [-0.1, -0.05) is 35.3 Å². The van der Waals surface area contributed by atoms with Crippen molar-refractivity contribution in [3.8, 4) is 0 Å². The van der Waals surface area contributed by atoms with E-state index in [1.165, 1.54) is 58.9 Å². The molecule has 37 heavy (non-hydrogen) atoms. The summed E-state index contributed by atoms with van der Waals surface area (Å²) < 4.78 is 59.5. The lowest BCUT2D eigenvalue weighted by Gasteiger charge is -2.26. The summed E-state index contributed by atoms with van der Waals surface area (Å²) in [5, 5.41) is 3.22. The van der Waals surface area contributed by atoms with Gasteiger partial charge in [0.15, 0.2) is 0 Å². The summed E-state index contributed by atoms with van der Waals surface area (Å²) in [4.78, 5) is 12.6. The molecule has 0 spiro atoms. The first-order valence-electron chi connectivity index (χ1n) is 11.1. The van der Waals surface area contributed by atoms with Gasteiger partial charge in [-0.3, -0.25) is 9.52 Å². The molecule has 1 aliphatic heterocycles. The number of nitrogens with one attached hydrogen (secondary N) is 2. The minimum atomic E-state index is -3.92. The number of hydrogen-bond donors (Lipinski definition) is 2. The van der Waals surface area contributed by atoms with Crippen molar-refractivity contribution in [2.45, 2.75) is 10.6 Å². The summed E-state index contributed by atoms with van der Waals surface area (Å²) in [6, 6.07) is 16.3. The van der Waals surface area contributed by atoms with Gasteiger partial charge < -0.3 is 10.1 Å². The Balaban J connectivity index is 1.38. The summed E-state index contributed by atoms with van der Waals surface area (Å²) in [5.74, 6) is -0.593. The van der Waals surface area contributed by atoms with Gasteiger partial charge in [0, 0.05) is 29.4 Å². The van der Waals surface area contributed by atoms with Gasteiger partial charge in [0.2, 0.25) is 10.0 Å². The molecule has 0 radical (unpaired) electrons. The van der Waals surface area contributed by atoms with Crippen molar-refractivity contribution < 1.29 is 26.4 Å². The fourth-order valence-corrected chi connectivity index (χ4v) is 6.67. The number of benzene rings is 3. The highest BCUT2D eigenvalue weighted by molar-refractivity contribution is 7.92. The van der Waals surface area contributed by atoms with E-state index in [0.29, 0.717) is 48.1 Å². The van der Waals surface area contributed by atoms with Gasteiger partial charge in [-0.2, -0.15) is 4.31 Å². The maximum atomic E-state index is 12.7. The van der Waals surface area contributed by atoms with Crippen LogP contribution in [0, 0.1) is 0 Å². The quantitative estimate of drug-likeness (QED) is 0.409. The van der Waals surface area contributed by atoms with Gasteiger partial charge in [0.25, 0.3) is 15.9 Å². The highest BCUT2D eigenvalue weighted by Gasteiger charge is 2.24. The number of sulfonamides is 2. The SMILES string of the molecule is O=C(Nc1ccc(S(=O)(=O)Nc2ccc(Cl)cc2Cl)cc1)c1ccc(CS(=O)(=O)N2CCOCC2)cc1. The maximum absolute atomic E-state index is 12.7. The van der Waals surface area contributed by atoms with Gasteiger partial charge in [0.1, 0.15) is 0 Å². The van der Waals surface area contributed by atoms with E-state index in [2.05, 4.69) is 10.0 Å². The van der Waals surface area contributed by atoms with Gasteiger partial charge >= 0.3 is 0 Å². The highest BCUT2D eigenvalue weighted by atomic mass is 35.5. The average Bonchev–Trinajstić information content (AvgIpc) is 2.87. The summed E-state index contributed by atoms with van der Waals surface area (Å²) in [5.41, 5.74) is 1.45. The second kappa shape index (κ2) is 11.4. The molecule has 0 unspecified atom stereocenters. The Morgan fingerprint density at radius 2 is 1.54 bits per heavy atom. The molecule has 0 aliphatic carbocycles. The predicted octanol–water partition coefficient (Wildman–Crippen LogP) is 4.21. The number of hydrogen-bond acceptors (Lipinski definition) is 6. The van der Waals surface area contributed by atoms with E-state index in [-0.39, 0.29) is 21.4 Å². The van der Waals surface area contributed by atoms with E-state index < -0.39 is 26.0 Å². The Morgan fingerprint density at radius 3 is 2.16 bits per heavy atom. The Kier molecular flexibility index (Phi) is 8.42. The van der Waals surface area contributed by atoms with Gasteiger partial charge in [-0.25, -0.2) is 16.8 Å². The molecule has 196 valence electrons. The Morgan fingerprint density at radius 1 is 0.892 bits per heavy atom. The Bertz CT molecular complexity index is 1490. The van der Waals surface area contributed by atoms with Crippen molar-refractivity contribution >= 4 is 60.5 Å². The molecular formula is C24H23Cl2N3O6S2. The van der Waals surface area contributed by atoms with E-state index in [0.717, 1.165) is 0 Å². The molecule has 1 aliphatic rings. The number of amides is 1. The molecule has 1 heterocycles. The number of carbonyl (C=O) groups excluding carboxylic acids is 1. The number of ether oxygens (including phenoxy) is 1. The molecule has 1 amide bonds. The molecule has 0 atom stereocenters. The molecule has 1 saturated heterocycles. The van der Waals surface area contributed by atoms with Crippen LogP contribution >= 0.6 is 23.2 Å². The second-order valence-corrected chi connectivity index (χ2v) is 12.7. The molecular weight excluding hydrogens is 561 g/mol. The Labute approximate surface area is 225 Å². The minimum Gasteiger partial charge on any atom is -0.379 e. The third-order valence-corrected chi connectivity index (χ3v) is 9.31. The summed E-state index contributed by atoms with van der Waals surface area (Å²) >= 11 is 11.9. The van der Waals surface area contributed by atoms with Crippen LogP contribution in [0.15, 0.2) is 71.6 Å². The molecule has 3 aromatic carbocycles. The van der Waals surface area contributed by atoms with Crippen molar-refractivity contribution in [1.82, 2.24) is 4.31 Å². The standard InChI is InChI=1S/C24H23Cl2N3O6S2/c25-19-5-10-23(22(26)15-19)28-37(33,34)21-8-6-20(7-9-21)27-24(30)18-3-1-17(2-4-18)16-36(31,32)29-11-13-35-14-12-29/h1-10,15,28H,11-14,16H2,(H,27,30). The van der Waals surface area contributed by atoms with Crippen LogP contribution in [0.3, 0.4) is 0 Å². The lowest BCUT2D eigenvalue weighted by molar-refractivity contribution is 0.0729. The van der Waals surface area contributed by atoms with Crippen LogP contribution in [0.2, 0.25) is 10.0 Å². The number of rotatable bonds is 8. The first-order valence-corrected chi connectivity index (χ1v) is 14.9. The third kappa shape index (κ3) is 7.01. The van der Waals surface area contributed by atoms with Crippen LogP contribution in [0.4, 0.5) is 11.4 Å². The third-order valence-electron chi connectivity index (χ3n) is 5.53. The minimum absolute atomic E-state index is 0.0256. The largest absolute Gasteiger partial charge is 0.379 e. The van der Waals surface area contributed by atoms with E-state index in [1.807, 2.05) is 0 Å². The first kappa shape index (κ1) is 27.4. The fourth-order valence-electron chi connectivity index (χ4n) is 3.58. The molecule has 2 N–H and O–H groups in total. The zero-order valence-corrected chi connectivity index (χ0v) is 22.5. The van der Waals surface area contributed by atoms with Crippen molar-refractivity contribution in [3.63, 3.8) is 0 Å². The van der Waals surface area contributed by atoms with Crippen LogP contribution in [0.1, 0.15) is 15.9 Å². The van der Waals surface area contributed by atoms with E-state index in [4.69, 9.17) is 27.9 Å². The molecule has 0 saturated carbocycles. The normalized spacial score (nSPS) is 14.8. The summed E-state index contributed by atoms with van der Waals surface area (Å²) in [6.07, 6.45) is 0. The maximum Gasteiger partial charge on any atom is 0.261 e. The highest BCUT2D eigenvalue weighted by Crippen LogP contribution is 2.28. The van der Waals surface area contributed by atoms with Crippen LogP contribution < -0.4 is 10.0 Å². The monoisotopic (exact) mass is 583 g/mol. The Hall–Kier alpha value is -2.67. The van der Waals surface area contributed by atoms with Crippen molar-refractivity contribution in [1.29, 1.82) is 0 Å². The van der Waals surface area contributed by atoms with Crippen LogP contribution in [0.25, 0.3) is 0 Å². The zero-order valence-electron chi connectivity index (χ0n) is 19.4. The number of halogens is 2. The van der Waals surface area contributed by atoms with E-state index >= 15 is 0 Å². The average molecular weight is 585 g/mol. The molecule has 9 nitrogen and oxygen atoms in total. The van der Waals surface area contributed by atoms with E-state index in [1.54, 1.807) is 12.1 Å². The molecule has 3 aromatic rings. The molecule has 1 fully saturated rings. The lowest BCUT2D eigenvalue weighted by Crippen LogP contribution is -2.41. The molecule has 0 aromatic heterocycles. The van der Waals surface area contributed by atoms with Gasteiger partial charge in [0.05, 0.1) is 34.6 Å². The van der Waals surface area contributed by atoms with Crippen LogP contribution in [0.5, 0.6) is 0 Å². The fraction of sp³-hybridized carbons (Fsp3) is 0.208. The second-order valence-electron chi connectivity index (χ2n) is 8.17. The molecule has 0 bridgehead atoms. The number of nitrogens with zero attached hydrogens (tertiary/aromatic N) is 1. The van der Waals surface area contributed by atoms with Crippen molar-refractivity contribution in [2.24, 2.45) is 0 Å². The van der Waals surface area contributed by atoms with Crippen LogP contribution in [-0.2, 0) is 30.5 Å². The summed E-state index contributed by atoms with van der Waals surface area (Å²) in [7, 11) is -7.40. The number of anilines is 2. The summed E-state index contributed by atoms with van der Waals surface area (Å²) in [6.45, 7) is 1.40. The molecule has 13 heteroatoms. The molecule has 4 rings (SSSR count). The van der Waals surface area contributed by atoms with Gasteiger partial charge in [-0.05, 0) is 60.2 Å². The zero-order chi connectivity index (χ0) is 26.6. The van der Waals surface area contributed by atoms with Gasteiger partial charge in [-0.15, -0.1) is 0 Å². The number of morpholine rings is 1. The van der Waals surface area contributed by atoms with Crippen molar-refractivity contribution in [2.75, 3.05) is 36.3 Å². The number of carbonyl (C=O) groups is 1. The topological polar surface area (TPSA) is 122 Å². The smallest absolute Gasteiger partial charge is 0.261 e. The first-order chi connectivity index (χ1) is 17.5. The van der Waals surface area contributed by atoms with E-state index in [9.17, 15) is 21.6 Å².